The molecule has 2 aromatic carbocycles. The summed E-state index contributed by atoms with van der Waals surface area (Å²) in [7, 11) is 0. The standard InChI is InChI=1S/C20H17ClN6O3/c21-16-7-3-6-14(10-16)20(28)25-24-18-17(27(29)30)19(23-12-22-18)26-9-8-13-4-1-2-5-15(13)11-26/h1-7,10,12H,8-9,11H2,(H,25,28)(H,22,23,24). The number of carbonyl (C=O) groups excluding carboxylic acids is 1. The Labute approximate surface area is 176 Å². The van der Waals surface area contributed by atoms with Gasteiger partial charge in [-0.25, -0.2) is 9.97 Å². The van der Waals surface area contributed by atoms with Gasteiger partial charge in [0.15, 0.2) is 0 Å². The Kier molecular flexibility index (Phi) is 5.44. The highest BCUT2D eigenvalue weighted by Gasteiger charge is 2.29. The highest BCUT2D eigenvalue weighted by atomic mass is 35.5. The number of hydrogen-bond acceptors (Lipinski definition) is 7. The molecule has 4 rings (SSSR count). The maximum Gasteiger partial charge on any atom is 0.355 e. The minimum absolute atomic E-state index is 0.0979. The van der Waals surface area contributed by atoms with Crippen LogP contribution in [0, 0.1) is 10.1 Å². The van der Waals surface area contributed by atoms with Crippen molar-refractivity contribution in [3.63, 3.8) is 0 Å². The molecule has 2 heterocycles. The van der Waals surface area contributed by atoms with Gasteiger partial charge in [-0.15, -0.1) is 0 Å². The summed E-state index contributed by atoms with van der Waals surface area (Å²) >= 11 is 5.90. The van der Waals surface area contributed by atoms with Gasteiger partial charge in [0.2, 0.25) is 11.6 Å². The first-order valence-electron chi connectivity index (χ1n) is 9.16. The molecule has 9 nitrogen and oxygen atoms in total. The molecule has 0 unspecified atom stereocenters. The van der Waals surface area contributed by atoms with E-state index in [0.29, 0.717) is 23.7 Å². The Hall–Kier alpha value is -3.72. The summed E-state index contributed by atoms with van der Waals surface area (Å²) in [6, 6.07) is 14.3. The fourth-order valence-electron chi connectivity index (χ4n) is 3.35. The fraction of sp³-hybridized carbons (Fsp3) is 0.150. The van der Waals surface area contributed by atoms with E-state index < -0.39 is 10.8 Å². The number of amides is 1. The first-order chi connectivity index (χ1) is 14.5. The zero-order valence-corrected chi connectivity index (χ0v) is 16.5. The zero-order valence-electron chi connectivity index (χ0n) is 15.7. The van der Waals surface area contributed by atoms with Crippen LogP contribution < -0.4 is 15.8 Å². The number of hydrazine groups is 1. The van der Waals surface area contributed by atoms with Crippen molar-refractivity contribution in [2.45, 2.75) is 13.0 Å². The Morgan fingerprint density at radius 2 is 1.93 bits per heavy atom. The monoisotopic (exact) mass is 424 g/mol. The van der Waals surface area contributed by atoms with Crippen molar-refractivity contribution in [1.82, 2.24) is 15.4 Å². The lowest BCUT2D eigenvalue weighted by molar-refractivity contribution is -0.383. The molecule has 0 saturated carbocycles. The van der Waals surface area contributed by atoms with E-state index in [0.717, 1.165) is 12.0 Å². The maximum atomic E-state index is 12.3. The zero-order chi connectivity index (χ0) is 21.1. The summed E-state index contributed by atoms with van der Waals surface area (Å²) in [6.45, 7) is 1.09. The van der Waals surface area contributed by atoms with Crippen LogP contribution in [0.5, 0.6) is 0 Å². The first-order valence-corrected chi connectivity index (χ1v) is 9.54. The number of hydrogen-bond donors (Lipinski definition) is 2. The Bertz CT molecular complexity index is 1120. The van der Waals surface area contributed by atoms with Crippen molar-refractivity contribution in [3.05, 3.63) is 86.7 Å². The van der Waals surface area contributed by atoms with E-state index in [1.165, 1.54) is 18.0 Å². The Morgan fingerprint density at radius 3 is 2.70 bits per heavy atom. The molecule has 30 heavy (non-hydrogen) atoms. The van der Waals surface area contributed by atoms with Gasteiger partial charge in [-0.1, -0.05) is 41.9 Å². The van der Waals surface area contributed by atoms with Crippen LogP contribution in [0.1, 0.15) is 21.5 Å². The quantitative estimate of drug-likeness (QED) is 0.476. The fourth-order valence-corrected chi connectivity index (χ4v) is 3.55. The third-order valence-electron chi connectivity index (χ3n) is 4.80. The number of nitrogens with zero attached hydrogens (tertiary/aromatic N) is 4. The second-order valence-corrected chi connectivity index (χ2v) is 7.12. The minimum Gasteiger partial charge on any atom is -0.346 e. The number of anilines is 2. The SMILES string of the molecule is O=C(NNc1ncnc(N2CCc3ccccc3C2)c1[N+](=O)[O-])c1cccc(Cl)c1. The molecule has 1 amide bonds. The van der Waals surface area contributed by atoms with Gasteiger partial charge in [-0.05, 0) is 35.7 Å². The number of nitrogens with one attached hydrogen (secondary N) is 2. The minimum atomic E-state index is -0.552. The highest BCUT2D eigenvalue weighted by Crippen LogP contribution is 2.34. The summed E-state index contributed by atoms with van der Waals surface area (Å²) in [5.41, 5.74) is 7.29. The molecule has 1 aliphatic rings. The summed E-state index contributed by atoms with van der Waals surface area (Å²) < 4.78 is 0. The molecule has 1 aliphatic heterocycles. The van der Waals surface area contributed by atoms with Crippen LogP contribution in [0.3, 0.4) is 0 Å². The van der Waals surface area contributed by atoms with E-state index in [1.807, 2.05) is 23.1 Å². The van der Waals surface area contributed by atoms with Crippen molar-refractivity contribution in [2.24, 2.45) is 0 Å². The van der Waals surface area contributed by atoms with Gasteiger partial charge >= 0.3 is 5.69 Å². The van der Waals surface area contributed by atoms with E-state index in [9.17, 15) is 14.9 Å². The predicted octanol–water partition coefficient (Wildman–Crippen LogP) is 3.36. The average molecular weight is 425 g/mol. The largest absolute Gasteiger partial charge is 0.355 e. The second-order valence-electron chi connectivity index (χ2n) is 6.68. The smallest absolute Gasteiger partial charge is 0.346 e. The number of nitro groups is 1. The molecule has 0 atom stereocenters. The molecule has 0 saturated heterocycles. The van der Waals surface area contributed by atoms with Gasteiger partial charge in [0.25, 0.3) is 5.91 Å². The van der Waals surface area contributed by atoms with Gasteiger partial charge < -0.3 is 4.90 Å². The molecule has 2 N–H and O–H groups in total. The average Bonchev–Trinajstić information content (AvgIpc) is 2.76. The van der Waals surface area contributed by atoms with Crippen molar-refractivity contribution >= 4 is 34.8 Å². The second kappa shape index (κ2) is 8.34. The summed E-state index contributed by atoms with van der Waals surface area (Å²) in [5, 5.41) is 12.2. The van der Waals surface area contributed by atoms with Crippen LogP contribution in [-0.4, -0.2) is 27.3 Å². The van der Waals surface area contributed by atoms with Gasteiger partial charge in [0.1, 0.15) is 6.33 Å². The molecule has 10 heteroatoms. The number of benzene rings is 2. The van der Waals surface area contributed by atoms with Crippen molar-refractivity contribution in [3.8, 4) is 0 Å². The lowest BCUT2D eigenvalue weighted by Gasteiger charge is -2.29. The third kappa shape index (κ3) is 4.01. The van der Waals surface area contributed by atoms with Gasteiger partial charge in [-0.3, -0.25) is 25.8 Å². The molecular formula is C20H17ClN6O3. The Morgan fingerprint density at radius 1 is 1.13 bits per heavy atom. The van der Waals surface area contributed by atoms with Crippen LogP contribution in [0.4, 0.5) is 17.3 Å². The molecule has 0 spiro atoms. The lowest BCUT2D eigenvalue weighted by atomic mass is 10.00. The summed E-state index contributed by atoms with van der Waals surface area (Å²) in [5.74, 6) is -0.401. The molecule has 152 valence electrons. The number of rotatable bonds is 5. The van der Waals surface area contributed by atoms with Crippen LogP contribution in [-0.2, 0) is 13.0 Å². The molecule has 0 fully saturated rings. The number of halogens is 1. The van der Waals surface area contributed by atoms with Gasteiger partial charge in [-0.2, -0.15) is 0 Å². The number of aromatic nitrogens is 2. The van der Waals surface area contributed by atoms with Crippen LogP contribution >= 0.6 is 11.6 Å². The third-order valence-corrected chi connectivity index (χ3v) is 5.03. The van der Waals surface area contributed by atoms with Gasteiger partial charge in [0, 0.05) is 23.7 Å². The maximum absolute atomic E-state index is 12.3. The first kappa shape index (κ1) is 19.6. The topological polar surface area (TPSA) is 113 Å². The van der Waals surface area contributed by atoms with Crippen molar-refractivity contribution in [1.29, 1.82) is 0 Å². The molecule has 0 radical (unpaired) electrons. The predicted molar refractivity (Wildman–Crippen MR) is 112 cm³/mol. The van der Waals surface area contributed by atoms with Gasteiger partial charge in [0.05, 0.1) is 4.92 Å². The molecule has 3 aromatic rings. The lowest BCUT2D eigenvalue weighted by Crippen LogP contribution is -2.33. The van der Waals surface area contributed by atoms with E-state index >= 15 is 0 Å². The molecular weight excluding hydrogens is 408 g/mol. The summed E-state index contributed by atoms with van der Waals surface area (Å²) in [4.78, 5) is 33.5. The van der Waals surface area contributed by atoms with Crippen LogP contribution in [0.15, 0.2) is 54.9 Å². The van der Waals surface area contributed by atoms with Crippen molar-refractivity contribution in [2.75, 3.05) is 16.9 Å². The highest BCUT2D eigenvalue weighted by molar-refractivity contribution is 6.30. The van der Waals surface area contributed by atoms with E-state index in [1.54, 1.807) is 18.2 Å². The van der Waals surface area contributed by atoms with E-state index in [2.05, 4.69) is 26.9 Å². The molecule has 1 aromatic heterocycles. The van der Waals surface area contributed by atoms with Crippen LogP contribution in [0.2, 0.25) is 5.02 Å². The number of fused-ring (bicyclic) bond motifs is 1. The van der Waals surface area contributed by atoms with Crippen molar-refractivity contribution < 1.29 is 9.72 Å². The normalized spacial score (nSPS) is 12.8. The Balaban J connectivity index is 1.58. The van der Waals surface area contributed by atoms with E-state index in [-0.39, 0.29) is 17.3 Å². The number of carbonyl (C=O) groups is 1. The van der Waals surface area contributed by atoms with Crippen LogP contribution in [0.25, 0.3) is 0 Å². The summed E-state index contributed by atoms with van der Waals surface area (Å²) in [6.07, 6.45) is 1.99. The van der Waals surface area contributed by atoms with E-state index in [4.69, 9.17) is 11.6 Å². The molecule has 0 bridgehead atoms. The molecule has 0 aliphatic carbocycles.